The van der Waals surface area contributed by atoms with Gasteiger partial charge in [-0.15, -0.1) is 0 Å². The molecule has 2 N–H and O–H groups in total. The Kier molecular flexibility index (Phi) is 3.52. The number of halogens is 1. The normalized spacial score (nSPS) is 16.2. The van der Waals surface area contributed by atoms with Crippen LogP contribution in [0.4, 0.5) is 5.69 Å². The van der Waals surface area contributed by atoms with Crippen molar-refractivity contribution in [2.75, 3.05) is 18.0 Å². The van der Waals surface area contributed by atoms with Gasteiger partial charge in [-0.2, -0.15) is 0 Å². The first-order valence-corrected chi connectivity index (χ1v) is 5.97. The topological polar surface area (TPSA) is 29.3 Å². The molecular weight excluding hydrogens is 220 g/mol. The van der Waals surface area contributed by atoms with Gasteiger partial charge >= 0.3 is 0 Å². The van der Waals surface area contributed by atoms with Gasteiger partial charge in [-0.05, 0) is 31.0 Å². The minimum Gasteiger partial charge on any atom is -0.366 e. The van der Waals surface area contributed by atoms with Crippen LogP contribution >= 0.6 is 11.6 Å². The van der Waals surface area contributed by atoms with E-state index in [0.29, 0.717) is 6.54 Å². The summed E-state index contributed by atoms with van der Waals surface area (Å²) in [4.78, 5) is 2.30. The summed E-state index contributed by atoms with van der Waals surface area (Å²) in [5.41, 5.74) is 9.24. The summed E-state index contributed by atoms with van der Waals surface area (Å²) in [5.74, 6) is 0. The van der Waals surface area contributed by atoms with E-state index >= 15 is 0 Å². The Balaban J connectivity index is 2.21. The lowest BCUT2D eigenvalue weighted by atomic mass is 10.1. The zero-order chi connectivity index (χ0) is 11.5. The van der Waals surface area contributed by atoms with E-state index in [4.69, 9.17) is 17.3 Å². The first kappa shape index (κ1) is 11.5. The van der Waals surface area contributed by atoms with Gasteiger partial charge < -0.3 is 10.6 Å². The molecule has 0 saturated carbocycles. The molecule has 0 aliphatic carbocycles. The van der Waals surface area contributed by atoms with Crippen molar-refractivity contribution < 1.29 is 0 Å². The first-order chi connectivity index (χ1) is 7.70. The molecule has 2 nitrogen and oxygen atoms in total. The van der Waals surface area contributed by atoms with Crippen LogP contribution in [-0.4, -0.2) is 13.1 Å². The maximum atomic E-state index is 6.26. The zero-order valence-electron chi connectivity index (χ0n) is 9.54. The predicted octanol–water partition coefficient (Wildman–Crippen LogP) is 2.96. The molecular formula is C13H17ClN2. The van der Waals surface area contributed by atoms with Gasteiger partial charge in [0, 0.05) is 19.6 Å². The van der Waals surface area contributed by atoms with Crippen LogP contribution in [0.15, 0.2) is 29.8 Å². The quantitative estimate of drug-likeness (QED) is 0.800. The van der Waals surface area contributed by atoms with Crippen molar-refractivity contribution in [1.29, 1.82) is 0 Å². The van der Waals surface area contributed by atoms with Crippen molar-refractivity contribution >= 4 is 17.3 Å². The van der Waals surface area contributed by atoms with Gasteiger partial charge in [0.2, 0.25) is 0 Å². The summed E-state index contributed by atoms with van der Waals surface area (Å²) >= 11 is 6.26. The standard InChI is InChI=1S/C13H17ClN2/c1-10-4-6-16(7-5-10)13-3-2-11(9-15)8-12(13)14/h2-4,8H,5-7,9,15H2,1H3. The van der Waals surface area contributed by atoms with E-state index in [9.17, 15) is 0 Å². The second-order valence-electron chi connectivity index (χ2n) is 4.24. The number of hydrogen-bond donors (Lipinski definition) is 1. The fourth-order valence-electron chi connectivity index (χ4n) is 1.92. The molecule has 1 aromatic carbocycles. The molecule has 0 atom stereocenters. The molecule has 0 bridgehead atoms. The van der Waals surface area contributed by atoms with E-state index in [-0.39, 0.29) is 0 Å². The van der Waals surface area contributed by atoms with Gasteiger partial charge in [0.15, 0.2) is 0 Å². The zero-order valence-corrected chi connectivity index (χ0v) is 10.3. The average molecular weight is 237 g/mol. The van der Waals surface area contributed by atoms with Crippen LogP contribution in [0.3, 0.4) is 0 Å². The van der Waals surface area contributed by atoms with Crippen LogP contribution in [-0.2, 0) is 6.54 Å². The second-order valence-corrected chi connectivity index (χ2v) is 4.64. The van der Waals surface area contributed by atoms with Gasteiger partial charge in [0.05, 0.1) is 10.7 Å². The maximum Gasteiger partial charge on any atom is 0.0642 e. The van der Waals surface area contributed by atoms with E-state index < -0.39 is 0 Å². The van der Waals surface area contributed by atoms with Gasteiger partial charge in [-0.3, -0.25) is 0 Å². The molecule has 0 radical (unpaired) electrons. The summed E-state index contributed by atoms with van der Waals surface area (Å²) < 4.78 is 0. The number of benzene rings is 1. The van der Waals surface area contributed by atoms with Crippen LogP contribution in [0, 0.1) is 0 Å². The Bertz CT molecular complexity index is 412. The Morgan fingerprint density at radius 1 is 1.44 bits per heavy atom. The molecule has 2 rings (SSSR count). The summed E-state index contributed by atoms with van der Waals surface area (Å²) in [6, 6.07) is 6.08. The highest BCUT2D eigenvalue weighted by Gasteiger charge is 2.12. The number of nitrogens with two attached hydrogens (primary N) is 1. The Morgan fingerprint density at radius 3 is 2.81 bits per heavy atom. The second kappa shape index (κ2) is 4.89. The number of rotatable bonds is 2. The smallest absolute Gasteiger partial charge is 0.0642 e. The Morgan fingerprint density at radius 2 is 2.25 bits per heavy atom. The van der Waals surface area contributed by atoms with Crippen molar-refractivity contribution in [3.05, 3.63) is 40.4 Å². The molecule has 0 amide bonds. The number of nitrogens with zero attached hydrogens (tertiary/aromatic N) is 1. The monoisotopic (exact) mass is 236 g/mol. The van der Waals surface area contributed by atoms with Gasteiger partial charge in [0.1, 0.15) is 0 Å². The van der Waals surface area contributed by atoms with Crippen molar-refractivity contribution in [2.45, 2.75) is 19.9 Å². The van der Waals surface area contributed by atoms with Crippen LogP contribution in [0.25, 0.3) is 0 Å². The van der Waals surface area contributed by atoms with Crippen LogP contribution in [0.2, 0.25) is 5.02 Å². The highest BCUT2D eigenvalue weighted by Crippen LogP contribution is 2.28. The first-order valence-electron chi connectivity index (χ1n) is 5.60. The van der Waals surface area contributed by atoms with Gasteiger partial charge in [-0.1, -0.05) is 29.3 Å². The van der Waals surface area contributed by atoms with E-state index in [1.165, 1.54) is 5.57 Å². The largest absolute Gasteiger partial charge is 0.366 e. The molecule has 1 aliphatic rings. The summed E-state index contributed by atoms with van der Waals surface area (Å²) in [6.07, 6.45) is 3.38. The van der Waals surface area contributed by atoms with Crippen molar-refractivity contribution in [3.63, 3.8) is 0 Å². The van der Waals surface area contributed by atoms with Crippen LogP contribution < -0.4 is 10.6 Å². The minimum absolute atomic E-state index is 0.541. The average Bonchev–Trinajstić information content (AvgIpc) is 2.30. The molecule has 0 fully saturated rings. The van der Waals surface area contributed by atoms with E-state index in [2.05, 4.69) is 24.0 Å². The lowest BCUT2D eigenvalue weighted by molar-refractivity contribution is 0.787. The van der Waals surface area contributed by atoms with Crippen LogP contribution in [0.1, 0.15) is 18.9 Å². The molecule has 3 heteroatoms. The number of hydrogen-bond acceptors (Lipinski definition) is 2. The highest BCUT2D eigenvalue weighted by molar-refractivity contribution is 6.33. The molecule has 0 aromatic heterocycles. The molecule has 0 saturated heterocycles. The van der Waals surface area contributed by atoms with Crippen LogP contribution in [0.5, 0.6) is 0 Å². The molecule has 1 heterocycles. The Labute approximate surface area is 102 Å². The van der Waals surface area contributed by atoms with Crippen molar-refractivity contribution in [3.8, 4) is 0 Å². The fraction of sp³-hybridized carbons (Fsp3) is 0.385. The van der Waals surface area contributed by atoms with E-state index in [1.54, 1.807) is 0 Å². The maximum absolute atomic E-state index is 6.26. The lowest BCUT2D eigenvalue weighted by Crippen LogP contribution is -2.28. The lowest BCUT2D eigenvalue weighted by Gasteiger charge is -2.28. The minimum atomic E-state index is 0.541. The van der Waals surface area contributed by atoms with Gasteiger partial charge in [-0.25, -0.2) is 0 Å². The number of anilines is 1. The van der Waals surface area contributed by atoms with Crippen molar-refractivity contribution in [2.24, 2.45) is 5.73 Å². The van der Waals surface area contributed by atoms with Gasteiger partial charge in [0.25, 0.3) is 0 Å². The third-order valence-corrected chi connectivity index (χ3v) is 3.33. The third-order valence-electron chi connectivity index (χ3n) is 3.02. The van der Waals surface area contributed by atoms with E-state index in [1.807, 2.05) is 12.1 Å². The third kappa shape index (κ3) is 2.39. The molecule has 1 aromatic rings. The molecule has 86 valence electrons. The van der Waals surface area contributed by atoms with Crippen molar-refractivity contribution in [1.82, 2.24) is 0 Å². The van der Waals surface area contributed by atoms with E-state index in [0.717, 1.165) is 35.8 Å². The summed E-state index contributed by atoms with van der Waals surface area (Å²) in [7, 11) is 0. The molecule has 16 heavy (non-hydrogen) atoms. The summed E-state index contributed by atoms with van der Waals surface area (Å²) in [6.45, 7) is 4.72. The SMILES string of the molecule is CC1=CCN(c2ccc(CN)cc2Cl)CC1. The molecule has 0 spiro atoms. The molecule has 1 aliphatic heterocycles. The summed E-state index contributed by atoms with van der Waals surface area (Å²) in [5, 5.41) is 0.802. The Hall–Kier alpha value is -0.990. The predicted molar refractivity (Wildman–Crippen MR) is 69.9 cm³/mol. The fourth-order valence-corrected chi connectivity index (χ4v) is 2.25. The highest BCUT2D eigenvalue weighted by atomic mass is 35.5. The molecule has 0 unspecified atom stereocenters.